The van der Waals surface area contributed by atoms with Gasteiger partial charge in [0.2, 0.25) is 0 Å². The lowest BCUT2D eigenvalue weighted by Crippen LogP contribution is -2.38. The molecule has 0 aliphatic carbocycles. The van der Waals surface area contributed by atoms with Gasteiger partial charge in [-0.15, -0.1) is 24.0 Å². The van der Waals surface area contributed by atoms with Crippen LogP contribution >= 0.6 is 35.6 Å². The number of hydrogen-bond acceptors (Lipinski definition) is 3. The molecular formula is C15H20ClF2IN6. The Kier molecular flexibility index (Phi) is 9.65. The minimum Gasteiger partial charge on any atom is -0.357 e. The van der Waals surface area contributed by atoms with Gasteiger partial charge in [0.05, 0.1) is 0 Å². The van der Waals surface area contributed by atoms with Crippen molar-refractivity contribution in [3.63, 3.8) is 0 Å². The standard InChI is InChI=1S/C15H19ClF2N6.HI/c1-2-19-15(21-6-5-11-3-4-12(16)22-9-11)23-10-13-20-7-8-24(13)14(17)18;/h3-4,7-9,14H,2,5-6,10H2,1H3,(H2,19,21,23);1H. The number of alkyl halides is 2. The lowest BCUT2D eigenvalue weighted by atomic mass is 10.2. The molecule has 0 aliphatic rings. The first kappa shape index (κ1) is 21.6. The fourth-order valence-corrected chi connectivity index (χ4v) is 2.13. The van der Waals surface area contributed by atoms with E-state index < -0.39 is 6.55 Å². The van der Waals surface area contributed by atoms with Gasteiger partial charge in [0.25, 0.3) is 0 Å². The zero-order chi connectivity index (χ0) is 17.4. The molecule has 0 saturated carbocycles. The maximum Gasteiger partial charge on any atom is 0.319 e. The van der Waals surface area contributed by atoms with Gasteiger partial charge in [0, 0.05) is 31.7 Å². The summed E-state index contributed by atoms with van der Waals surface area (Å²) in [6.45, 7) is 0.664. The minimum absolute atomic E-state index is 0. The molecule has 2 rings (SSSR count). The van der Waals surface area contributed by atoms with Crippen LogP contribution in [0.5, 0.6) is 0 Å². The zero-order valence-corrected chi connectivity index (χ0v) is 16.7. The van der Waals surface area contributed by atoms with Crippen LogP contribution in [0.3, 0.4) is 0 Å². The van der Waals surface area contributed by atoms with Crippen LogP contribution < -0.4 is 10.6 Å². The van der Waals surface area contributed by atoms with E-state index in [9.17, 15) is 8.78 Å². The molecule has 6 nitrogen and oxygen atoms in total. The number of halogens is 4. The lowest BCUT2D eigenvalue weighted by molar-refractivity contribution is 0.0671. The Morgan fingerprint density at radius 3 is 2.76 bits per heavy atom. The maximum atomic E-state index is 12.8. The molecule has 2 aromatic rings. The molecule has 0 aliphatic heterocycles. The Morgan fingerprint density at radius 2 is 2.12 bits per heavy atom. The van der Waals surface area contributed by atoms with Crippen LogP contribution in [0.25, 0.3) is 0 Å². The first-order valence-corrected chi connectivity index (χ1v) is 7.90. The van der Waals surface area contributed by atoms with Gasteiger partial charge in [0.15, 0.2) is 5.96 Å². The number of aliphatic imine (C=N–C) groups is 1. The molecule has 2 heterocycles. The third-order valence-corrected chi connectivity index (χ3v) is 3.40. The van der Waals surface area contributed by atoms with Gasteiger partial charge in [-0.25, -0.2) is 15.0 Å². The van der Waals surface area contributed by atoms with Crippen molar-refractivity contribution in [2.45, 2.75) is 26.4 Å². The molecule has 0 radical (unpaired) electrons. The van der Waals surface area contributed by atoms with Gasteiger partial charge in [-0.3, -0.25) is 4.57 Å². The molecular weight excluding hydrogens is 465 g/mol. The normalized spacial score (nSPS) is 11.3. The Morgan fingerprint density at radius 1 is 1.32 bits per heavy atom. The minimum atomic E-state index is -2.62. The van der Waals surface area contributed by atoms with Crippen molar-refractivity contribution in [3.8, 4) is 0 Å². The molecule has 0 spiro atoms. The van der Waals surface area contributed by atoms with Crippen molar-refractivity contribution in [2.75, 3.05) is 13.1 Å². The number of rotatable bonds is 7. The quantitative estimate of drug-likeness (QED) is 0.274. The average molecular weight is 485 g/mol. The molecule has 0 unspecified atom stereocenters. The third-order valence-electron chi connectivity index (χ3n) is 3.18. The molecule has 25 heavy (non-hydrogen) atoms. The van der Waals surface area contributed by atoms with E-state index >= 15 is 0 Å². The number of hydrogen-bond donors (Lipinski definition) is 2. The summed E-state index contributed by atoms with van der Waals surface area (Å²) in [5.41, 5.74) is 1.04. The highest BCUT2D eigenvalue weighted by atomic mass is 127. The van der Waals surface area contributed by atoms with Gasteiger partial charge < -0.3 is 10.6 Å². The lowest BCUT2D eigenvalue weighted by Gasteiger charge is -2.11. The van der Waals surface area contributed by atoms with Crippen LogP contribution in [0, 0.1) is 0 Å². The largest absolute Gasteiger partial charge is 0.357 e. The monoisotopic (exact) mass is 484 g/mol. The van der Waals surface area contributed by atoms with E-state index in [1.165, 1.54) is 12.4 Å². The highest BCUT2D eigenvalue weighted by Gasteiger charge is 2.10. The summed E-state index contributed by atoms with van der Waals surface area (Å²) in [7, 11) is 0. The second-order valence-corrected chi connectivity index (χ2v) is 5.28. The van der Waals surface area contributed by atoms with Gasteiger partial charge in [-0.05, 0) is 25.0 Å². The predicted octanol–water partition coefficient (Wildman–Crippen LogP) is 3.24. The number of nitrogens with zero attached hydrogens (tertiary/aromatic N) is 4. The summed E-state index contributed by atoms with van der Waals surface area (Å²) in [5, 5.41) is 6.67. The Bertz CT molecular complexity index is 662. The first-order chi connectivity index (χ1) is 11.6. The molecule has 0 aromatic carbocycles. The maximum absolute atomic E-state index is 12.8. The summed E-state index contributed by atoms with van der Waals surface area (Å²) >= 11 is 5.75. The van der Waals surface area contributed by atoms with E-state index in [2.05, 4.69) is 25.6 Å². The number of imidazole rings is 1. The van der Waals surface area contributed by atoms with Gasteiger partial charge >= 0.3 is 6.55 Å². The van der Waals surface area contributed by atoms with Crippen molar-refractivity contribution in [1.29, 1.82) is 0 Å². The topological polar surface area (TPSA) is 67.1 Å². The fraction of sp³-hybridized carbons (Fsp3) is 0.400. The van der Waals surface area contributed by atoms with E-state index in [4.69, 9.17) is 11.6 Å². The smallest absolute Gasteiger partial charge is 0.319 e. The molecule has 10 heteroatoms. The molecule has 0 saturated heterocycles. The van der Waals surface area contributed by atoms with Gasteiger partial charge in [-0.1, -0.05) is 17.7 Å². The first-order valence-electron chi connectivity index (χ1n) is 7.52. The molecule has 0 bridgehead atoms. The van der Waals surface area contributed by atoms with Crippen molar-refractivity contribution >= 4 is 41.5 Å². The Balaban J connectivity index is 0.00000312. The van der Waals surface area contributed by atoms with Crippen LogP contribution in [0.15, 0.2) is 35.7 Å². The predicted molar refractivity (Wildman–Crippen MR) is 105 cm³/mol. The highest BCUT2D eigenvalue weighted by molar-refractivity contribution is 14.0. The van der Waals surface area contributed by atoms with Crippen molar-refractivity contribution in [3.05, 3.63) is 47.3 Å². The van der Waals surface area contributed by atoms with E-state index in [1.807, 2.05) is 13.0 Å². The molecule has 138 valence electrons. The number of aromatic nitrogens is 3. The van der Waals surface area contributed by atoms with Crippen molar-refractivity contribution in [1.82, 2.24) is 25.2 Å². The average Bonchev–Trinajstić information content (AvgIpc) is 3.03. The van der Waals surface area contributed by atoms with Crippen LogP contribution in [0.4, 0.5) is 8.78 Å². The summed E-state index contributed by atoms with van der Waals surface area (Å²) in [4.78, 5) is 12.2. The van der Waals surface area contributed by atoms with E-state index in [1.54, 1.807) is 12.3 Å². The summed E-state index contributed by atoms with van der Waals surface area (Å²) in [6.07, 6.45) is 5.03. The summed E-state index contributed by atoms with van der Waals surface area (Å²) < 4.78 is 26.4. The molecule has 0 fully saturated rings. The highest BCUT2D eigenvalue weighted by Crippen LogP contribution is 2.12. The molecule has 2 N–H and O–H groups in total. The van der Waals surface area contributed by atoms with E-state index in [0.717, 1.165) is 16.6 Å². The third kappa shape index (κ3) is 7.10. The summed E-state index contributed by atoms with van der Waals surface area (Å²) in [5.74, 6) is 0.757. The number of pyridine rings is 1. The van der Waals surface area contributed by atoms with Crippen LogP contribution in [0.2, 0.25) is 5.15 Å². The van der Waals surface area contributed by atoms with Crippen LogP contribution in [-0.4, -0.2) is 33.6 Å². The van der Waals surface area contributed by atoms with Crippen molar-refractivity contribution in [2.24, 2.45) is 4.99 Å². The molecule has 0 amide bonds. The summed E-state index contributed by atoms with van der Waals surface area (Å²) in [6, 6.07) is 3.64. The number of nitrogens with one attached hydrogen (secondary N) is 2. The zero-order valence-electron chi connectivity index (χ0n) is 13.6. The second kappa shape index (κ2) is 11.2. The van der Waals surface area contributed by atoms with E-state index in [0.29, 0.717) is 24.2 Å². The fourth-order valence-electron chi connectivity index (χ4n) is 2.02. The Labute approximate surface area is 167 Å². The SMILES string of the molecule is CCNC(=NCc1nccn1C(F)F)NCCc1ccc(Cl)nc1.I. The van der Waals surface area contributed by atoms with Gasteiger partial charge in [-0.2, -0.15) is 8.78 Å². The van der Waals surface area contributed by atoms with Crippen LogP contribution in [-0.2, 0) is 13.0 Å². The van der Waals surface area contributed by atoms with E-state index in [-0.39, 0.29) is 36.3 Å². The Hall–Kier alpha value is -1.49. The molecule has 0 atom stereocenters. The second-order valence-electron chi connectivity index (χ2n) is 4.89. The van der Waals surface area contributed by atoms with Crippen LogP contribution in [0.1, 0.15) is 24.9 Å². The van der Waals surface area contributed by atoms with Crippen molar-refractivity contribution < 1.29 is 8.78 Å². The van der Waals surface area contributed by atoms with Gasteiger partial charge in [0.1, 0.15) is 17.5 Å². The molecule has 2 aromatic heterocycles. The number of guanidine groups is 1.